The van der Waals surface area contributed by atoms with E-state index in [0.717, 1.165) is 19.4 Å². The van der Waals surface area contributed by atoms with Crippen molar-refractivity contribution in [2.24, 2.45) is 5.73 Å². The molecular weight excluding hydrogens is 337 g/mol. The van der Waals surface area contributed by atoms with E-state index in [-0.39, 0.29) is 30.4 Å². The van der Waals surface area contributed by atoms with Gasteiger partial charge in [-0.2, -0.15) is 0 Å². The van der Waals surface area contributed by atoms with Gasteiger partial charge in [-0.05, 0) is 44.5 Å². The number of methoxy groups -OCH3 is 1. The number of carbonyl (C=O) groups excluding carboxylic acids is 1. The number of nitrogens with zero attached hydrogens (tertiary/aromatic N) is 1. The van der Waals surface area contributed by atoms with Crippen molar-refractivity contribution in [3.05, 3.63) is 23.2 Å². The molecule has 7 heteroatoms. The van der Waals surface area contributed by atoms with Crippen LogP contribution in [0.25, 0.3) is 0 Å². The van der Waals surface area contributed by atoms with Crippen LogP contribution in [0, 0.1) is 0 Å². The van der Waals surface area contributed by atoms with E-state index >= 15 is 0 Å². The minimum absolute atomic E-state index is 0. The van der Waals surface area contributed by atoms with Gasteiger partial charge >= 0.3 is 0 Å². The molecule has 0 saturated carbocycles. The first-order valence-electron chi connectivity index (χ1n) is 7.64. The number of hydrogen-bond donors (Lipinski definition) is 2. The Hall–Kier alpha value is -1.01. The monoisotopic (exact) mass is 361 g/mol. The number of ether oxygens (including phenoxy) is 1. The predicted molar refractivity (Wildman–Crippen MR) is 96.7 cm³/mol. The van der Waals surface area contributed by atoms with Gasteiger partial charge in [-0.15, -0.1) is 12.4 Å². The number of nitrogens with one attached hydrogen (secondary N) is 1. The molecule has 2 unspecified atom stereocenters. The van der Waals surface area contributed by atoms with Crippen LogP contribution in [0.5, 0.6) is 5.75 Å². The SMILES string of the molecule is COc1ccc(NC(=O)CN2CCCCC2C(C)N)cc1Cl.Cl. The van der Waals surface area contributed by atoms with Crippen LogP contribution in [-0.4, -0.2) is 43.1 Å². The molecule has 1 saturated heterocycles. The molecule has 1 fully saturated rings. The Bertz CT molecular complexity index is 526. The zero-order valence-corrected chi connectivity index (χ0v) is 15.1. The Morgan fingerprint density at radius 3 is 2.87 bits per heavy atom. The van der Waals surface area contributed by atoms with E-state index < -0.39 is 0 Å². The minimum atomic E-state index is -0.0474. The molecule has 23 heavy (non-hydrogen) atoms. The fraction of sp³-hybridized carbons (Fsp3) is 0.562. The van der Waals surface area contributed by atoms with E-state index in [2.05, 4.69) is 10.2 Å². The second kappa shape index (κ2) is 9.33. The molecule has 1 aromatic carbocycles. The number of halogens is 2. The van der Waals surface area contributed by atoms with Gasteiger partial charge in [0.2, 0.25) is 5.91 Å². The van der Waals surface area contributed by atoms with Crippen molar-refractivity contribution in [3.63, 3.8) is 0 Å². The summed E-state index contributed by atoms with van der Waals surface area (Å²) in [5.74, 6) is 0.543. The number of nitrogens with two attached hydrogens (primary N) is 1. The lowest BCUT2D eigenvalue weighted by atomic mass is 9.97. The number of rotatable bonds is 5. The summed E-state index contributed by atoms with van der Waals surface area (Å²) in [7, 11) is 1.56. The third kappa shape index (κ3) is 5.53. The zero-order valence-electron chi connectivity index (χ0n) is 13.5. The van der Waals surface area contributed by atoms with Gasteiger partial charge in [-0.3, -0.25) is 9.69 Å². The van der Waals surface area contributed by atoms with Crippen molar-refractivity contribution in [2.75, 3.05) is 25.5 Å². The number of anilines is 1. The molecule has 1 aliphatic rings. The summed E-state index contributed by atoms with van der Waals surface area (Å²) in [6.45, 7) is 3.28. The molecule has 1 aromatic rings. The van der Waals surface area contributed by atoms with Gasteiger partial charge in [0.1, 0.15) is 5.75 Å². The van der Waals surface area contributed by atoms with E-state index in [1.807, 2.05) is 6.92 Å². The maximum absolute atomic E-state index is 12.2. The van der Waals surface area contributed by atoms with Crippen molar-refractivity contribution >= 4 is 35.6 Å². The van der Waals surface area contributed by atoms with Crippen LogP contribution < -0.4 is 15.8 Å². The van der Waals surface area contributed by atoms with Crippen LogP contribution in [-0.2, 0) is 4.79 Å². The Morgan fingerprint density at radius 1 is 1.52 bits per heavy atom. The highest BCUT2D eigenvalue weighted by Crippen LogP contribution is 2.27. The number of amides is 1. The molecule has 0 radical (unpaired) electrons. The molecule has 0 aliphatic carbocycles. The Kier molecular flexibility index (Phi) is 8.12. The maximum Gasteiger partial charge on any atom is 0.238 e. The van der Waals surface area contributed by atoms with Gasteiger partial charge in [0.25, 0.3) is 0 Å². The first-order chi connectivity index (χ1) is 10.5. The van der Waals surface area contributed by atoms with E-state index in [9.17, 15) is 4.79 Å². The smallest absolute Gasteiger partial charge is 0.238 e. The van der Waals surface area contributed by atoms with Gasteiger partial charge in [-0.1, -0.05) is 18.0 Å². The number of hydrogen-bond acceptors (Lipinski definition) is 4. The molecule has 5 nitrogen and oxygen atoms in total. The lowest BCUT2D eigenvalue weighted by Crippen LogP contribution is -2.51. The Labute approximate surface area is 148 Å². The van der Waals surface area contributed by atoms with E-state index in [1.54, 1.807) is 25.3 Å². The Morgan fingerprint density at radius 2 is 2.26 bits per heavy atom. The average molecular weight is 362 g/mol. The highest BCUT2D eigenvalue weighted by molar-refractivity contribution is 6.32. The quantitative estimate of drug-likeness (QED) is 0.845. The van der Waals surface area contributed by atoms with Gasteiger partial charge < -0.3 is 15.8 Å². The average Bonchev–Trinajstić information content (AvgIpc) is 2.47. The van der Waals surface area contributed by atoms with E-state index in [1.165, 1.54) is 6.42 Å². The summed E-state index contributed by atoms with van der Waals surface area (Å²) in [5, 5.41) is 3.36. The van der Waals surface area contributed by atoms with Crippen molar-refractivity contribution in [1.29, 1.82) is 0 Å². The molecular formula is C16H25Cl2N3O2. The number of piperidine rings is 1. The van der Waals surface area contributed by atoms with Crippen molar-refractivity contribution < 1.29 is 9.53 Å². The molecule has 130 valence electrons. The molecule has 3 N–H and O–H groups in total. The van der Waals surface area contributed by atoms with E-state index in [4.69, 9.17) is 22.1 Å². The van der Waals surface area contributed by atoms with Gasteiger partial charge in [0, 0.05) is 17.8 Å². The van der Waals surface area contributed by atoms with Crippen LogP contribution in [0.15, 0.2) is 18.2 Å². The minimum Gasteiger partial charge on any atom is -0.495 e. The number of likely N-dealkylation sites (tertiary alicyclic amines) is 1. The van der Waals surface area contributed by atoms with Gasteiger partial charge in [-0.25, -0.2) is 0 Å². The third-order valence-electron chi connectivity index (χ3n) is 4.05. The Balaban J connectivity index is 0.00000264. The fourth-order valence-corrected chi connectivity index (χ4v) is 3.20. The first kappa shape index (κ1) is 20.0. The summed E-state index contributed by atoms with van der Waals surface area (Å²) >= 11 is 6.07. The van der Waals surface area contributed by atoms with Crippen LogP contribution >= 0.6 is 24.0 Å². The first-order valence-corrected chi connectivity index (χ1v) is 8.02. The highest BCUT2D eigenvalue weighted by atomic mass is 35.5. The largest absolute Gasteiger partial charge is 0.495 e. The molecule has 0 spiro atoms. The summed E-state index contributed by atoms with van der Waals surface area (Å²) in [6, 6.07) is 5.56. The molecule has 2 rings (SSSR count). The third-order valence-corrected chi connectivity index (χ3v) is 4.35. The van der Waals surface area contributed by atoms with Crippen LogP contribution in [0.1, 0.15) is 26.2 Å². The standard InChI is InChI=1S/C16H24ClN3O2.ClH/c1-11(18)14-5-3-4-8-20(14)10-16(21)19-12-6-7-15(22-2)13(17)9-12;/h6-7,9,11,14H,3-5,8,10,18H2,1-2H3,(H,19,21);1H. The molecule has 0 aromatic heterocycles. The van der Waals surface area contributed by atoms with Crippen LogP contribution in [0.2, 0.25) is 5.02 Å². The van der Waals surface area contributed by atoms with Gasteiger partial charge in [0.05, 0.1) is 18.7 Å². The molecule has 2 atom stereocenters. The normalized spacial score (nSPS) is 19.6. The highest BCUT2D eigenvalue weighted by Gasteiger charge is 2.26. The number of benzene rings is 1. The van der Waals surface area contributed by atoms with E-state index in [0.29, 0.717) is 23.0 Å². The van der Waals surface area contributed by atoms with Crippen molar-refractivity contribution in [2.45, 2.75) is 38.3 Å². The summed E-state index contributed by atoms with van der Waals surface area (Å²) in [5.41, 5.74) is 6.70. The van der Waals surface area contributed by atoms with Crippen molar-refractivity contribution in [3.8, 4) is 5.75 Å². The van der Waals surface area contributed by atoms with Crippen molar-refractivity contribution in [1.82, 2.24) is 4.90 Å². The van der Waals surface area contributed by atoms with Crippen LogP contribution in [0.3, 0.4) is 0 Å². The van der Waals surface area contributed by atoms with Gasteiger partial charge in [0.15, 0.2) is 0 Å². The second-order valence-electron chi connectivity index (χ2n) is 5.79. The second-order valence-corrected chi connectivity index (χ2v) is 6.20. The molecule has 1 aliphatic heterocycles. The zero-order chi connectivity index (χ0) is 16.1. The lowest BCUT2D eigenvalue weighted by Gasteiger charge is -2.37. The predicted octanol–water partition coefficient (Wildman–Crippen LogP) is 2.91. The summed E-state index contributed by atoms with van der Waals surface area (Å²) < 4.78 is 5.10. The molecule has 0 bridgehead atoms. The fourth-order valence-electron chi connectivity index (χ4n) is 2.94. The lowest BCUT2D eigenvalue weighted by molar-refractivity contribution is -0.118. The topological polar surface area (TPSA) is 67.6 Å². The van der Waals surface area contributed by atoms with Crippen LogP contribution in [0.4, 0.5) is 5.69 Å². The molecule has 1 heterocycles. The molecule has 1 amide bonds. The maximum atomic E-state index is 12.2. The summed E-state index contributed by atoms with van der Waals surface area (Å²) in [4.78, 5) is 14.4. The summed E-state index contributed by atoms with van der Waals surface area (Å²) in [6.07, 6.45) is 3.35. The number of carbonyl (C=O) groups is 1.